The molecule has 0 aliphatic carbocycles. The van der Waals surface area contributed by atoms with Gasteiger partial charge < -0.3 is 15.6 Å². The lowest BCUT2D eigenvalue weighted by atomic mass is 9.81. The van der Waals surface area contributed by atoms with Crippen molar-refractivity contribution in [2.24, 2.45) is 11.1 Å². The first kappa shape index (κ1) is 13.8. The summed E-state index contributed by atoms with van der Waals surface area (Å²) in [5.41, 5.74) is 5.47. The van der Waals surface area contributed by atoms with Crippen LogP contribution in [0.25, 0.3) is 0 Å². The average molecular weight is 258 g/mol. The van der Waals surface area contributed by atoms with Gasteiger partial charge in [0.2, 0.25) is 0 Å². The van der Waals surface area contributed by atoms with Gasteiger partial charge in [0.1, 0.15) is 5.75 Å². The highest BCUT2D eigenvalue weighted by molar-refractivity contribution is 6.31. The number of aliphatic carboxylic acids is 1. The molecule has 0 aromatic heterocycles. The molecule has 0 saturated heterocycles. The van der Waals surface area contributed by atoms with Gasteiger partial charge in [0.15, 0.2) is 0 Å². The quantitative estimate of drug-likeness (QED) is 0.869. The predicted octanol–water partition coefficient (Wildman–Crippen LogP) is 2.46. The van der Waals surface area contributed by atoms with E-state index >= 15 is 0 Å². The molecule has 0 aliphatic rings. The summed E-state index contributed by atoms with van der Waals surface area (Å²) in [6.45, 7) is 3.14. The minimum absolute atomic E-state index is 0.408. The van der Waals surface area contributed by atoms with E-state index in [1.165, 1.54) is 7.11 Å². The molecule has 1 rings (SSSR count). The Morgan fingerprint density at radius 1 is 1.53 bits per heavy atom. The lowest BCUT2D eigenvalue weighted by Gasteiger charge is -2.28. The first-order valence-electron chi connectivity index (χ1n) is 5.13. The number of nitrogens with two attached hydrogens (primary N) is 1. The summed E-state index contributed by atoms with van der Waals surface area (Å²) in [6, 6.07) is 4.34. The molecule has 0 amide bonds. The normalized spacial score (nSPS) is 13.2. The maximum Gasteiger partial charge on any atom is 0.311 e. The molecule has 0 fully saturated rings. The highest BCUT2D eigenvalue weighted by Gasteiger charge is 2.36. The Morgan fingerprint density at radius 3 is 2.53 bits per heavy atom. The van der Waals surface area contributed by atoms with Gasteiger partial charge in [-0.15, -0.1) is 0 Å². The first-order valence-corrected chi connectivity index (χ1v) is 5.51. The van der Waals surface area contributed by atoms with Crippen molar-refractivity contribution in [2.45, 2.75) is 19.9 Å². The molecule has 1 atom stereocenters. The number of benzene rings is 1. The third kappa shape index (κ3) is 2.70. The molecule has 0 saturated carbocycles. The first-order chi connectivity index (χ1) is 7.80. The Bertz CT molecular complexity index is 432. The Labute approximate surface area is 105 Å². The van der Waals surface area contributed by atoms with Crippen LogP contribution in [0, 0.1) is 5.41 Å². The number of halogens is 1. The summed E-state index contributed by atoms with van der Waals surface area (Å²) < 4.78 is 5.02. The molecule has 1 unspecified atom stereocenters. The molecule has 0 heterocycles. The van der Waals surface area contributed by atoms with Gasteiger partial charge in [-0.3, -0.25) is 4.79 Å². The Kier molecular flexibility index (Phi) is 4.01. The van der Waals surface area contributed by atoms with Crippen LogP contribution in [0.15, 0.2) is 18.2 Å². The van der Waals surface area contributed by atoms with E-state index in [1.54, 1.807) is 32.0 Å². The van der Waals surface area contributed by atoms with Crippen LogP contribution in [0.3, 0.4) is 0 Å². The molecule has 4 nitrogen and oxygen atoms in total. The van der Waals surface area contributed by atoms with Gasteiger partial charge in [-0.2, -0.15) is 0 Å². The molecule has 1 aromatic carbocycles. The Balaban J connectivity index is 3.13. The summed E-state index contributed by atoms with van der Waals surface area (Å²) >= 11 is 6.06. The molecular formula is C12H16ClNO3. The number of ether oxygens (including phenoxy) is 1. The molecule has 5 heteroatoms. The monoisotopic (exact) mass is 257 g/mol. The number of hydrogen-bond acceptors (Lipinski definition) is 3. The van der Waals surface area contributed by atoms with Crippen LogP contribution in [-0.2, 0) is 4.79 Å². The van der Waals surface area contributed by atoms with Gasteiger partial charge in [0.25, 0.3) is 0 Å². The van der Waals surface area contributed by atoms with Crippen LogP contribution in [0.5, 0.6) is 5.75 Å². The fraction of sp³-hybridized carbons (Fsp3) is 0.417. The molecule has 0 bridgehead atoms. The van der Waals surface area contributed by atoms with Gasteiger partial charge in [0.05, 0.1) is 12.5 Å². The van der Waals surface area contributed by atoms with Crippen molar-refractivity contribution < 1.29 is 14.6 Å². The smallest absolute Gasteiger partial charge is 0.311 e. The van der Waals surface area contributed by atoms with Gasteiger partial charge >= 0.3 is 5.97 Å². The number of carbonyl (C=O) groups is 1. The molecule has 1 aromatic rings. The van der Waals surface area contributed by atoms with Crippen LogP contribution in [-0.4, -0.2) is 18.2 Å². The van der Waals surface area contributed by atoms with Crippen LogP contribution < -0.4 is 10.5 Å². The minimum Gasteiger partial charge on any atom is -0.497 e. The maximum absolute atomic E-state index is 11.1. The lowest BCUT2D eigenvalue weighted by Crippen LogP contribution is -2.36. The highest BCUT2D eigenvalue weighted by Crippen LogP contribution is 2.36. The zero-order chi connectivity index (χ0) is 13.2. The lowest BCUT2D eigenvalue weighted by molar-refractivity contribution is -0.148. The largest absolute Gasteiger partial charge is 0.497 e. The van der Waals surface area contributed by atoms with Crippen LogP contribution in [0.2, 0.25) is 5.02 Å². The zero-order valence-electron chi connectivity index (χ0n) is 10.0. The Morgan fingerprint density at radius 2 is 2.12 bits per heavy atom. The average Bonchev–Trinajstić information content (AvgIpc) is 2.27. The van der Waals surface area contributed by atoms with Crippen molar-refractivity contribution >= 4 is 17.6 Å². The van der Waals surface area contributed by atoms with Crippen molar-refractivity contribution in [3.63, 3.8) is 0 Å². The second-order valence-corrected chi connectivity index (χ2v) is 4.80. The van der Waals surface area contributed by atoms with Crippen LogP contribution >= 0.6 is 11.6 Å². The van der Waals surface area contributed by atoms with Crippen molar-refractivity contribution in [3.8, 4) is 5.75 Å². The van der Waals surface area contributed by atoms with E-state index in [9.17, 15) is 4.79 Å². The third-order valence-electron chi connectivity index (χ3n) is 2.87. The van der Waals surface area contributed by atoms with E-state index in [4.69, 9.17) is 27.2 Å². The molecular weight excluding hydrogens is 242 g/mol. The molecule has 0 aliphatic heterocycles. The zero-order valence-corrected chi connectivity index (χ0v) is 10.8. The van der Waals surface area contributed by atoms with Crippen LogP contribution in [0.1, 0.15) is 25.5 Å². The fourth-order valence-electron chi connectivity index (χ4n) is 1.41. The summed E-state index contributed by atoms with van der Waals surface area (Å²) in [6.07, 6.45) is 0. The number of rotatable bonds is 4. The van der Waals surface area contributed by atoms with Gasteiger partial charge in [0, 0.05) is 11.1 Å². The van der Waals surface area contributed by atoms with E-state index in [-0.39, 0.29) is 0 Å². The van der Waals surface area contributed by atoms with Crippen molar-refractivity contribution in [2.75, 3.05) is 7.11 Å². The van der Waals surface area contributed by atoms with Crippen molar-refractivity contribution in [3.05, 3.63) is 28.8 Å². The molecule has 0 spiro atoms. The second-order valence-electron chi connectivity index (χ2n) is 4.39. The third-order valence-corrected chi connectivity index (χ3v) is 3.20. The summed E-state index contributed by atoms with van der Waals surface area (Å²) in [5.74, 6) is -0.351. The topological polar surface area (TPSA) is 72.5 Å². The SMILES string of the molecule is COc1ccc(C(N)C(C)(C)C(=O)O)c(Cl)c1. The van der Waals surface area contributed by atoms with E-state index in [0.29, 0.717) is 16.3 Å². The van der Waals surface area contributed by atoms with E-state index < -0.39 is 17.4 Å². The summed E-state index contributed by atoms with van der Waals surface area (Å²) in [5, 5.41) is 9.53. The highest BCUT2D eigenvalue weighted by atomic mass is 35.5. The molecule has 3 N–H and O–H groups in total. The van der Waals surface area contributed by atoms with E-state index in [1.807, 2.05) is 0 Å². The van der Waals surface area contributed by atoms with Crippen LogP contribution in [0.4, 0.5) is 0 Å². The summed E-state index contributed by atoms with van der Waals surface area (Å²) in [7, 11) is 1.53. The number of carboxylic acid groups (broad SMARTS) is 1. The standard InChI is InChI=1S/C12H16ClNO3/c1-12(2,11(15)16)10(14)8-5-4-7(17-3)6-9(8)13/h4-6,10H,14H2,1-3H3,(H,15,16). The van der Waals surface area contributed by atoms with Gasteiger partial charge in [-0.1, -0.05) is 17.7 Å². The number of hydrogen-bond donors (Lipinski definition) is 2. The Hall–Kier alpha value is -1.26. The van der Waals surface area contributed by atoms with E-state index in [0.717, 1.165) is 0 Å². The number of methoxy groups -OCH3 is 1. The van der Waals surface area contributed by atoms with Gasteiger partial charge in [-0.05, 0) is 31.5 Å². The second kappa shape index (κ2) is 4.94. The fourth-order valence-corrected chi connectivity index (χ4v) is 1.70. The van der Waals surface area contributed by atoms with E-state index in [2.05, 4.69) is 0 Å². The van der Waals surface area contributed by atoms with Crippen molar-refractivity contribution in [1.29, 1.82) is 0 Å². The predicted molar refractivity (Wildman–Crippen MR) is 66.3 cm³/mol. The van der Waals surface area contributed by atoms with Gasteiger partial charge in [-0.25, -0.2) is 0 Å². The minimum atomic E-state index is -1.09. The molecule has 0 radical (unpaired) electrons. The molecule has 17 heavy (non-hydrogen) atoms. The van der Waals surface area contributed by atoms with Crippen molar-refractivity contribution in [1.82, 2.24) is 0 Å². The number of carboxylic acids is 1. The molecule has 94 valence electrons. The summed E-state index contributed by atoms with van der Waals surface area (Å²) in [4.78, 5) is 11.1. The maximum atomic E-state index is 11.1.